The van der Waals surface area contributed by atoms with Crippen LogP contribution in [0.4, 0.5) is 9.18 Å². The van der Waals surface area contributed by atoms with E-state index >= 15 is 4.39 Å². The predicted octanol–water partition coefficient (Wildman–Crippen LogP) is 3.94. The Morgan fingerprint density at radius 3 is 2.71 bits per heavy atom. The number of fused-ring (bicyclic) bond motifs is 5. The molecule has 242 valence electrons. The van der Waals surface area contributed by atoms with Gasteiger partial charge < -0.3 is 38.4 Å². The molecule has 2 aliphatic rings. The summed E-state index contributed by atoms with van der Waals surface area (Å²) >= 11 is 0. The topological polar surface area (TPSA) is 121 Å². The molecule has 12 heteroatoms. The van der Waals surface area contributed by atoms with Gasteiger partial charge in [-0.3, -0.25) is 4.79 Å². The lowest BCUT2D eigenvalue weighted by Crippen LogP contribution is -2.45. The lowest BCUT2D eigenvalue weighted by atomic mass is 9.84. The van der Waals surface area contributed by atoms with E-state index in [9.17, 15) is 14.7 Å². The Morgan fingerprint density at radius 2 is 2.02 bits per heavy atom. The van der Waals surface area contributed by atoms with Crippen LogP contribution in [0.3, 0.4) is 0 Å². The minimum Gasteiger partial charge on any atom is -0.490 e. The highest BCUT2D eigenvalue weighted by molar-refractivity contribution is 5.89. The van der Waals surface area contributed by atoms with Crippen LogP contribution in [0.25, 0.3) is 22.3 Å². The first-order valence-electron chi connectivity index (χ1n) is 15.1. The van der Waals surface area contributed by atoms with Crippen molar-refractivity contribution in [2.45, 2.75) is 58.5 Å². The molecule has 0 saturated heterocycles. The second kappa shape index (κ2) is 12.5. The molecule has 0 radical (unpaired) electrons. The van der Waals surface area contributed by atoms with E-state index in [0.717, 1.165) is 5.56 Å². The number of pyridine rings is 2. The van der Waals surface area contributed by atoms with Crippen LogP contribution in [-0.2, 0) is 39.5 Å². The molecule has 1 amide bonds. The number of quaternary nitrogens is 1. The average molecular weight is 626 g/mol. The van der Waals surface area contributed by atoms with Crippen molar-refractivity contribution in [3.05, 3.63) is 69.0 Å². The number of carbonyl (C=O) groups excluding carboxylic acids is 1. The zero-order chi connectivity index (χ0) is 32.7. The third-order valence-electron chi connectivity index (χ3n) is 9.10. The molecule has 45 heavy (non-hydrogen) atoms. The summed E-state index contributed by atoms with van der Waals surface area (Å²) in [7, 11) is 5.62. The normalized spacial score (nSPS) is 17.2. The van der Waals surface area contributed by atoms with E-state index in [0.29, 0.717) is 63.2 Å². The summed E-state index contributed by atoms with van der Waals surface area (Å²) in [6, 6.07) is 5.09. The van der Waals surface area contributed by atoms with Gasteiger partial charge in [0, 0.05) is 36.2 Å². The quantitative estimate of drug-likeness (QED) is 0.190. The van der Waals surface area contributed by atoms with Gasteiger partial charge in [0.05, 0.1) is 74.5 Å². The molecule has 1 aromatic carbocycles. The number of halogens is 1. The number of aromatic nitrogens is 2. The molecule has 11 nitrogen and oxygen atoms in total. The van der Waals surface area contributed by atoms with E-state index in [1.165, 1.54) is 6.07 Å². The first-order valence-corrected chi connectivity index (χ1v) is 15.1. The summed E-state index contributed by atoms with van der Waals surface area (Å²) in [4.78, 5) is 31.3. The molecule has 0 spiro atoms. The van der Waals surface area contributed by atoms with Crippen molar-refractivity contribution in [3.63, 3.8) is 0 Å². The Balaban J connectivity index is 1.57. The number of hydrogen-bond acceptors (Lipinski definition) is 8. The summed E-state index contributed by atoms with van der Waals surface area (Å²) in [6.07, 6.45) is -0.527. The van der Waals surface area contributed by atoms with Crippen LogP contribution in [0.15, 0.2) is 35.3 Å². The largest absolute Gasteiger partial charge is 0.490 e. The number of carbonyl (C=O) groups is 1. The standard InChI is InChI=1S/C33H41FN4O7/c1-8-33(41)20(4)44-18-24-25(33)14-28-29-21(16-37(28)31(24)39)13-22-23(17-38(5,6)19(2)3)30(26(34)15-27(22)36-29)45-32(40)35-9-10-43-12-11-42-7/h13-15,19,41H,4,8-12,16-18H2,1-3,5-7H3/p+1/t33-/m1/s1. The summed E-state index contributed by atoms with van der Waals surface area (Å²) in [5.74, 6) is -0.699. The molecule has 1 atom stereocenters. The maximum absolute atomic E-state index is 15.9. The number of ether oxygens (including phenoxy) is 4. The maximum Gasteiger partial charge on any atom is 0.412 e. The van der Waals surface area contributed by atoms with E-state index in [4.69, 9.17) is 23.9 Å². The van der Waals surface area contributed by atoms with Crippen molar-refractivity contribution in [1.29, 1.82) is 0 Å². The average Bonchev–Trinajstić information content (AvgIpc) is 3.35. The molecule has 0 fully saturated rings. The lowest BCUT2D eigenvalue weighted by molar-refractivity contribution is -0.924. The third kappa shape index (κ3) is 5.95. The molecule has 2 aromatic heterocycles. The van der Waals surface area contributed by atoms with Gasteiger partial charge in [-0.2, -0.15) is 0 Å². The van der Waals surface area contributed by atoms with Crippen molar-refractivity contribution < 1.29 is 37.7 Å². The Labute approximate surface area is 261 Å². The number of methoxy groups -OCH3 is 1. The number of benzene rings is 1. The van der Waals surface area contributed by atoms with Gasteiger partial charge in [0.25, 0.3) is 5.56 Å². The fraction of sp³-hybridized carbons (Fsp3) is 0.485. The predicted molar refractivity (Wildman–Crippen MR) is 166 cm³/mol. The van der Waals surface area contributed by atoms with Crippen molar-refractivity contribution in [2.24, 2.45) is 0 Å². The van der Waals surface area contributed by atoms with E-state index in [-0.39, 0.29) is 55.8 Å². The SMILES string of the molecule is C=C1OCc2c(cc3n(c2=O)Cc2cc4c(C[N+](C)(C)C(C)C)c(OC(=O)NCCOCCOC)c(F)cc4nc2-3)[C@@]1(O)CC. The van der Waals surface area contributed by atoms with Crippen LogP contribution in [0.5, 0.6) is 5.75 Å². The number of nitrogens with one attached hydrogen (secondary N) is 1. The second-order valence-corrected chi connectivity index (χ2v) is 12.4. The zero-order valence-electron chi connectivity index (χ0n) is 26.8. The van der Waals surface area contributed by atoms with Gasteiger partial charge >= 0.3 is 6.09 Å². The van der Waals surface area contributed by atoms with Gasteiger partial charge in [0.15, 0.2) is 11.6 Å². The van der Waals surface area contributed by atoms with Crippen LogP contribution in [0.1, 0.15) is 49.4 Å². The third-order valence-corrected chi connectivity index (χ3v) is 9.10. The fourth-order valence-corrected chi connectivity index (χ4v) is 5.71. The van der Waals surface area contributed by atoms with Crippen LogP contribution < -0.4 is 15.6 Å². The number of nitrogens with zero attached hydrogens (tertiary/aromatic N) is 3. The number of aliphatic hydroxyl groups is 1. The van der Waals surface area contributed by atoms with E-state index in [1.54, 1.807) is 24.7 Å². The fourth-order valence-electron chi connectivity index (χ4n) is 5.71. The maximum atomic E-state index is 15.9. The first-order chi connectivity index (χ1) is 21.3. The van der Waals surface area contributed by atoms with Crippen LogP contribution in [0.2, 0.25) is 0 Å². The van der Waals surface area contributed by atoms with Gasteiger partial charge in [-0.1, -0.05) is 13.5 Å². The molecular formula is C33H42FN4O7+. The highest BCUT2D eigenvalue weighted by Gasteiger charge is 2.41. The monoisotopic (exact) mass is 625 g/mol. The van der Waals surface area contributed by atoms with E-state index in [1.807, 2.05) is 20.2 Å². The molecule has 4 heterocycles. The van der Waals surface area contributed by atoms with Crippen LogP contribution in [0, 0.1) is 5.82 Å². The lowest BCUT2D eigenvalue weighted by Gasteiger charge is -2.35. The molecule has 5 rings (SSSR count). The van der Waals surface area contributed by atoms with Crippen molar-refractivity contribution >= 4 is 17.0 Å². The molecular weight excluding hydrogens is 583 g/mol. The zero-order valence-corrected chi connectivity index (χ0v) is 26.8. The number of hydrogen-bond donors (Lipinski definition) is 2. The molecule has 0 aliphatic carbocycles. The Morgan fingerprint density at radius 1 is 1.27 bits per heavy atom. The van der Waals surface area contributed by atoms with Gasteiger partial charge in [-0.25, -0.2) is 14.2 Å². The van der Waals surface area contributed by atoms with Crippen molar-refractivity contribution in [2.75, 3.05) is 47.6 Å². The minimum absolute atomic E-state index is 0.0148. The Hall–Kier alpha value is -3.84. The minimum atomic E-state index is -1.51. The van der Waals surface area contributed by atoms with Gasteiger partial charge in [0.2, 0.25) is 0 Å². The number of amides is 1. The van der Waals surface area contributed by atoms with Gasteiger partial charge in [0.1, 0.15) is 24.5 Å². The highest BCUT2D eigenvalue weighted by Crippen LogP contribution is 2.43. The van der Waals surface area contributed by atoms with E-state index < -0.39 is 17.5 Å². The smallest absolute Gasteiger partial charge is 0.412 e. The van der Waals surface area contributed by atoms with Gasteiger partial charge in [-0.05, 0) is 32.4 Å². The Kier molecular flexibility index (Phi) is 9.05. The molecule has 2 N–H and O–H groups in total. The van der Waals surface area contributed by atoms with Crippen LogP contribution >= 0.6 is 0 Å². The molecule has 3 aromatic rings. The summed E-state index contributed by atoms with van der Waals surface area (Å²) in [5, 5.41) is 14.6. The van der Waals surface area contributed by atoms with Crippen LogP contribution in [-0.4, -0.2) is 78.8 Å². The summed E-state index contributed by atoms with van der Waals surface area (Å²) < 4.78 is 39.5. The summed E-state index contributed by atoms with van der Waals surface area (Å²) in [5.41, 5.74) is 1.72. The van der Waals surface area contributed by atoms with Gasteiger partial charge in [-0.15, -0.1) is 0 Å². The molecule has 0 unspecified atom stereocenters. The highest BCUT2D eigenvalue weighted by atomic mass is 19.1. The number of rotatable bonds is 11. The molecule has 0 bridgehead atoms. The van der Waals surface area contributed by atoms with Crippen molar-refractivity contribution in [3.8, 4) is 17.1 Å². The van der Waals surface area contributed by atoms with Crippen molar-refractivity contribution in [1.82, 2.24) is 14.9 Å². The summed E-state index contributed by atoms with van der Waals surface area (Å²) in [6.45, 7) is 11.7. The molecule has 2 aliphatic heterocycles. The molecule has 0 saturated carbocycles. The van der Waals surface area contributed by atoms with E-state index in [2.05, 4.69) is 25.7 Å². The second-order valence-electron chi connectivity index (χ2n) is 12.4. The first kappa shape index (κ1) is 32.6. The Bertz CT molecular complexity index is 1720.